The minimum Gasteiger partial charge on any atom is -0.436 e. The van der Waals surface area contributed by atoms with Crippen LogP contribution in [0.25, 0.3) is 22.6 Å². The summed E-state index contributed by atoms with van der Waals surface area (Å²) in [6.07, 6.45) is 0.485. The number of benzene rings is 2. The lowest BCUT2D eigenvalue weighted by Crippen LogP contribution is -2.34. The molecular formula is C19H20N2O4S. The van der Waals surface area contributed by atoms with Crippen LogP contribution in [0.3, 0.4) is 0 Å². The molecule has 1 unspecified atom stereocenters. The van der Waals surface area contributed by atoms with E-state index in [0.29, 0.717) is 23.6 Å². The predicted molar refractivity (Wildman–Crippen MR) is 102 cm³/mol. The normalized spacial score (nSPS) is 12.8. The Morgan fingerprint density at radius 2 is 1.85 bits per heavy atom. The van der Waals surface area contributed by atoms with Gasteiger partial charge >= 0.3 is 0 Å². The highest BCUT2D eigenvalue weighted by atomic mass is 32.2. The highest BCUT2D eigenvalue weighted by Gasteiger charge is 2.27. The number of para-hydroxylation sites is 2. The fourth-order valence-corrected chi connectivity index (χ4v) is 3.87. The van der Waals surface area contributed by atoms with E-state index in [9.17, 15) is 13.2 Å². The summed E-state index contributed by atoms with van der Waals surface area (Å²) in [6, 6.07) is 14.4. The van der Waals surface area contributed by atoms with Crippen molar-refractivity contribution in [3.05, 3.63) is 48.5 Å². The number of hydrogen-bond donors (Lipinski definition) is 1. The number of anilines is 1. The molecule has 0 bridgehead atoms. The van der Waals surface area contributed by atoms with Crippen LogP contribution in [0.15, 0.2) is 52.9 Å². The van der Waals surface area contributed by atoms with Crippen molar-refractivity contribution in [1.29, 1.82) is 0 Å². The summed E-state index contributed by atoms with van der Waals surface area (Å²) in [4.78, 5) is 16.6. The first-order valence-electron chi connectivity index (χ1n) is 8.39. The van der Waals surface area contributed by atoms with Crippen LogP contribution in [0.5, 0.6) is 0 Å². The number of nitrogens with one attached hydrogen (secondary N) is 1. The summed E-state index contributed by atoms with van der Waals surface area (Å²) in [5.41, 5.74) is 2.77. The zero-order chi connectivity index (χ0) is 18.7. The highest BCUT2D eigenvalue weighted by molar-refractivity contribution is 7.92. The van der Waals surface area contributed by atoms with Crippen molar-refractivity contribution in [1.82, 2.24) is 4.98 Å². The molecule has 0 aliphatic rings. The monoisotopic (exact) mass is 372 g/mol. The van der Waals surface area contributed by atoms with E-state index in [1.54, 1.807) is 31.2 Å². The van der Waals surface area contributed by atoms with E-state index in [0.717, 1.165) is 11.1 Å². The number of nitrogens with zero attached hydrogens (tertiary/aromatic N) is 1. The lowest BCUT2D eigenvalue weighted by atomic mass is 10.2. The van der Waals surface area contributed by atoms with Crippen LogP contribution in [0.4, 0.5) is 5.69 Å². The maximum atomic E-state index is 12.2. The molecule has 3 aromatic rings. The van der Waals surface area contributed by atoms with Gasteiger partial charge in [0, 0.05) is 11.3 Å². The van der Waals surface area contributed by atoms with Gasteiger partial charge in [-0.2, -0.15) is 0 Å². The van der Waals surface area contributed by atoms with Gasteiger partial charge in [-0.1, -0.05) is 19.1 Å². The molecule has 1 heterocycles. The number of amides is 1. The molecule has 6 nitrogen and oxygen atoms in total. The molecule has 2 aromatic carbocycles. The molecule has 1 N–H and O–H groups in total. The number of oxazole rings is 1. The first-order valence-corrected chi connectivity index (χ1v) is 10.1. The van der Waals surface area contributed by atoms with Crippen molar-refractivity contribution in [3.8, 4) is 11.5 Å². The average molecular weight is 372 g/mol. The number of fused-ring (bicyclic) bond motifs is 1. The molecule has 0 spiro atoms. The van der Waals surface area contributed by atoms with E-state index in [1.807, 2.05) is 24.3 Å². The Morgan fingerprint density at radius 3 is 2.50 bits per heavy atom. The first-order chi connectivity index (χ1) is 12.4. The number of sulfone groups is 1. The lowest BCUT2D eigenvalue weighted by molar-refractivity contribution is -0.115. The lowest BCUT2D eigenvalue weighted by Gasteiger charge is -2.12. The molecule has 1 amide bonds. The van der Waals surface area contributed by atoms with Crippen LogP contribution < -0.4 is 5.32 Å². The Kier molecular flexibility index (Phi) is 5.08. The molecule has 0 radical (unpaired) electrons. The standard InChI is InChI=1S/C19H20N2O4S/c1-3-12-26(23,24)13(2)18(22)20-15-10-8-14(9-11-15)19-21-16-6-4-5-7-17(16)25-19/h4-11,13H,3,12H2,1-2H3,(H,20,22). The molecule has 1 aromatic heterocycles. The minimum atomic E-state index is -3.43. The molecule has 136 valence electrons. The van der Waals surface area contributed by atoms with Crippen LogP contribution in [-0.2, 0) is 14.6 Å². The molecule has 0 aliphatic carbocycles. The van der Waals surface area contributed by atoms with E-state index >= 15 is 0 Å². The van der Waals surface area contributed by atoms with E-state index in [-0.39, 0.29) is 5.75 Å². The highest BCUT2D eigenvalue weighted by Crippen LogP contribution is 2.25. The number of hydrogen-bond acceptors (Lipinski definition) is 5. The molecule has 3 rings (SSSR count). The number of carbonyl (C=O) groups is 1. The van der Waals surface area contributed by atoms with Gasteiger partial charge in [0.05, 0.1) is 5.75 Å². The molecule has 0 saturated heterocycles. The van der Waals surface area contributed by atoms with E-state index in [4.69, 9.17) is 4.42 Å². The summed E-state index contributed by atoms with van der Waals surface area (Å²) >= 11 is 0. The second-order valence-electron chi connectivity index (χ2n) is 6.06. The van der Waals surface area contributed by atoms with Crippen LogP contribution in [0, 0.1) is 0 Å². The van der Waals surface area contributed by atoms with Crippen molar-refractivity contribution in [2.75, 3.05) is 11.1 Å². The third kappa shape index (κ3) is 3.77. The van der Waals surface area contributed by atoms with E-state index in [1.165, 1.54) is 6.92 Å². The maximum absolute atomic E-state index is 12.2. The second kappa shape index (κ2) is 7.29. The Bertz CT molecular complexity index is 990. The first kappa shape index (κ1) is 18.1. The van der Waals surface area contributed by atoms with Gasteiger partial charge in [0.15, 0.2) is 15.4 Å². The van der Waals surface area contributed by atoms with Gasteiger partial charge in [-0.15, -0.1) is 0 Å². The zero-order valence-electron chi connectivity index (χ0n) is 14.6. The molecule has 26 heavy (non-hydrogen) atoms. The van der Waals surface area contributed by atoms with Gasteiger partial charge in [-0.25, -0.2) is 13.4 Å². The predicted octanol–water partition coefficient (Wildman–Crippen LogP) is 3.65. The van der Waals surface area contributed by atoms with Crippen LogP contribution in [0.1, 0.15) is 20.3 Å². The Labute approximate surface area is 152 Å². The molecular weight excluding hydrogens is 352 g/mol. The SMILES string of the molecule is CCCS(=O)(=O)C(C)C(=O)Nc1ccc(-c2nc3ccccc3o2)cc1. The zero-order valence-corrected chi connectivity index (χ0v) is 15.4. The number of rotatable bonds is 6. The van der Waals surface area contributed by atoms with Gasteiger partial charge in [-0.3, -0.25) is 4.79 Å². The van der Waals surface area contributed by atoms with Crippen molar-refractivity contribution in [2.24, 2.45) is 0 Å². The molecule has 1 atom stereocenters. The van der Waals surface area contributed by atoms with Crippen molar-refractivity contribution >= 4 is 32.5 Å². The summed E-state index contributed by atoms with van der Waals surface area (Å²) < 4.78 is 29.7. The van der Waals surface area contributed by atoms with Gasteiger partial charge in [0.1, 0.15) is 10.8 Å². The smallest absolute Gasteiger partial charge is 0.242 e. The minimum absolute atomic E-state index is 0.00174. The van der Waals surface area contributed by atoms with Gasteiger partial charge < -0.3 is 9.73 Å². The Morgan fingerprint density at radius 1 is 1.15 bits per heavy atom. The summed E-state index contributed by atoms with van der Waals surface area (Å²) in [5.74, 6) is -0.0471. The molecule has 0 fully saturated rings. The van der Waals surface area contributed by atoms with Crippen molar-refractivity contribution in [2.45, 2.75) is 25.5 Å². The molecule has 7 heteroatoms. The fourth-order valence-electron chi connectivity index (χ4n) is 2.56. The Hall–Kier alpha value is -2.67. The Balaban J connectivity index is 1.74. The second-order valence-corrected chi connectivity index (χ2v) is 8.50. The van der Waals surface area contributed by atoms with Crippen LogP contribution >= 0.6 is 0 Å². The number of carbonyl (C=O) groups excluding carboxylic acids is 1. The number of aromatic nitrogens is 1. The third-order valence-electron chi connectivity index (χ3n) is 4.09. The van der Waals surface area contributed by atoms with Gasteiger partial charge in [0.25, 0.3) is 0 Å². The van der Waals surface area contributed by atoms with Gasteiger partial charge in [-0.05, 0) is 49.7 Å². The quantitative estimate of drug-likeness (QED) is 0.713. The van der Waals surface area contributed by atoms with E-state index in [2.05, 4.69) is 10.3 Å². The summed E-state index contributed by atoms with van der Waals surface area (Å²) in [7, 11) is -3.43. The largest absolute Gasteiger partial charge is 0.436 e. The van der Waals surface area contributed by atoms with Crippen LogP contribution in [-0.4, -0.2) is 30.3 Å². The molecule has 0 aliphatic heterocycles. The average Bonchev–Trinajstić information content (AvgIpc) is 3.05. The van der Waals surface area contributed by atoms with Gasteiger partial charge in [0.2, 0.25) is 11.8 Å². The maximum Gasteiger partial charge on any atom is 0.242 e. The topological polar surface area (TPSA) is 89.3 Å². The third-order valence-corrected chi connectivity index (χ3v) is 6.36. The van der Waals surface area contributed by atoms with E-state index < -0.39 is 21.0 Å². The molecule has 0 saturated carbocycles. The fraction of sp³-hybridized carbons (Fsp3) is 0.263. The van der Waals surface area contributed by atoms with Crippen LogP contribution in [0.2, 0.25) is 0 Å². The van der Waals surface area contributed by atoms with Crippen molar-refractivity contribution < 1.29 is 17.6 Å². The van der Waals surface area contributed by atoms with Crippen molar-refractivity contribution in [3.63, 3.8) is 0 Å². The summed E-state index contributed by atoms with van der Waals surface area (Å²) in [6.45, 7) is 3.18. The summed E-state index contributed by atoms with van der Waals surface area (Å²) in [5, 5.41) is 1.56.